The molecule has 76 valence electrons. The van der Waals surface area contributed by atoms with Gasteiger partial charge in [0.25, 0.3) is 0 Å². The average molecular weight is 184 g/mol. The largest absolute Gasteiger partial charge is 0.383 e. The van der Waals surface area contributed by atoms with Crippen LogP contribution in [0.2, 0.25) is 0 Å². The van der Waals surface area contributed by atoms with E-state index in [2.05, 4.69) is 32.7 Å². The minimum Gasteiger partial charge on any atom is -0.383 e. The number of rotatable bonds is 6. The number of hydrogen-bond donors (Lipinski definition) is 2. The Kier molecular flexibility index (Phi) is 4.96. The summed E-state index contributed by atoms with van der Waals surface area (Å²) in [6.45, 7) is 11.4. The van der Waals surface area contributed by atoms with E-state index in [1.54, 1.807) is 12.2 Å². The summed E-state index contributed by atoms with van der Waals surface area (Å²) < 4.78 is 0. The molecule has 4 N–H and O–H groups in total. The molecule has 0 aliphatic heterocycles. The molecule has 0 spiro atoms. The Morgan fingerprint density at radius 1 is 1.31 bits per heavy atom. The molecule has 0 amide bonds. The lowest BCUT2D eigenvalue weighted by Crippen LogP contribution is -2.73. The quantitative estimate of drug-likeness (QED) is 0.597. The van der Waals surface area contributed by atoms with Crippen molar-refractivity contribution >= 4 is 0 Å². The predicted octanol–water partition coefficient (Wildman–Crippen LogP) is 1.14. The van der Waals surface area contributed by atoms with Crippen LogP contribution in [-0.2, 0) is 0 Å². The SMILES string of the molecule is C=CCC(O)(CC=C)[C@@H]([NH3+])C(C)C. The van der Waals surface area contributed by atoms with Gasteiger partial charge in [0.2, 0.25) is 0 Å². The topological polar surface area (TPSA) is 47.9 Å². The minimum atomic E-state index is -0.766. The lowest BCUT2D eigenvalue weighted by atomic mass is 9.82. The molecule has 0 unspecified atom stereocenters. The van der Waals surface area contributed by atoms with Crippen molar-refractivity contribution < 1.29 is 10.8 Å². The van der Waals surface area contributed by atoms with Gasteiger partial charge >= 0.3 is 0 Å². The molecule has 0 aromatic rings. The van der Waals surface area contributed by atoms with Crippen LogP contribution in [0.15, 0.2) is 25.3 Å². The summed E-state index contributed by atoms with van der Waals surface area (Å²) in [4.78, 5) is 0. The van der Waals surface area contributed by atoms with Crippen LogP contribution in [0.1, 0.15) is 26.7 Å². The van der Waals surface area contributed by atoms with Gasteiger partial charge in [-0.25, -0.2) is 0 Å². The van der Waals surface area contributed by atoms with Crippen LogP contribution in [0.3, 0.4) is 0 Å². The van der Waals surface area contributed by atoms with E-state index in [-0.39, 0.29) is 6.04 Å². The summed E-state index contributed by atoms with van der Waals surface area (Å²) in [5.74, 6) is 0.366. The first-order valence-electron chi connectivity index (χ1n) is 4.75. The first kappa shape index (κ1) is 12.4. The Morgan fingerprint density at radius 2 is 1.69 bits per heavy atom. The molecule has 0 aromatic carbocycles. The van der Waals surface area contributed by atoms with Gasteiger partial charge < -0.3 is 10.8 Å². The van der Waals surface area contributed by atoms with E-state index in [4.69, 9.17) is 0 Å². The fourth-order valence-electron chi connectivity index (χ4n) is 1.51. The highest BCUT2D eigenvalue weighted by Gasteiger charge is 2.36. The number of aliphatic hydroxyl groups is 1. The van der Waals surface area contributed by atoms with E-state index in [9.17, 15) is 5.11 Å². The molecule has 0 saturated heterocycles. The second-order valence-electron chi connectivity index (χ2n) is 3.94. The lowest BCUT2D eigenvalue weighted by molar-refractivity contribution is -0.464. The highest BCUT2D eigenvalue weighted by atomic mass is 16.3. The van der Waals surface area contributed by atoms with E-state index < -0.39 is 5.60 Å². The second-order valence-corrected chi connectivity index (χ2v) is 3.94. The Labute approximate surface area is 81.1 Å². The van der Waals surface area contributed by atoms with Crippen LogP contribution in [0.4, 0.5) is 0 Å². The van der Waals surface area contributed by atoms with Gasteiger partial charge in [0.1, 0.15) is 11.6 Å². The van der Waals surface area contributed by atoms with Crippen LogP contribution >= 0.6 is 0 Å². The van der Waals surface area contributed by atoms with Gasteiger partial charge in [-0.2, -0.15) is 0 Å². The Balaban J connectivity index is 4.54. The van der Waals surface area contributed by atoms with Gasteiger partial charge in [0.05, 0.1) is 0 Å². The molecule has 0 aliphatic rings. The van der Waals surface area contributed by atoms with Crippen molar-refractivity contribution in [3.63, 3.8) is 0 Å². The van der Waals surface area contributed by atoms with Crippen molar-refractivity contribution in [2.75, 3.05) is 0 Å². The smallest absolute Gasteiger partial charge is 0.123 e. The molecule has 0 aliphatic carbocycles. The molecule has 0 fully saturated rings. The molecule has 13 heavy (non-hydrogen) atoms. The van der Waals surface area contributed by atoms with Crippen molar-refractivity contribution in [2.24, 2.45) is 5.92 Å². The molecular formula is C11H22NO+. The highest BCUT2D eigenvalue weighted by molar-refractivity contribution is 4.97. The zero-order chi connectivity index (χ0) is 10.5. The first-order chi connectivity index (χ1) is 5.98. The van der Waals surface area contributed by atoms with Crippen molar-refractivity contribution in [3.8, 4) is 0 Å². The molecule has 0 rings (SSSR count). The van der Waals surface area contributed by atoms with Gasteiger partial charge in [-0.15, -0.1) is 13.2 Å². The summed E-state index contributed by atoms with van der Waals surface area (Å²) in [5.41, 5.74) is 3.24. The molecule has 0 bridgehead atoms. The summed E-state index contributed by atoms with van der Waals surface area (Å²) in [5, 5.41) is 10.2. The minimum absolute atomic E-state index is 0.0171. The van der Waals surface area contributed by atoms with Crippen LogP contribution in [0, 0.1) is 5.92 Å². The molecule has 1 atom stereocenters. The van der Waals surface area contributed by atoms with Gasteiger partial charge in [0.15, 0.2) is 0 Å². The van der Waals surface area contributed by atoms with Crippen molar-refractivity contribution in [1.29, 1.82) is 0 Å². The van der Waals surface area contributed by atoms with E-state index in [0.717, 1.165) is 0 Å². The molecule has 0 heterocycles. The van der Waals surface area contributed by atoms with Crippen LogP contribution in [0.25, 0.3) is 0 Å². The Bertz CT molecular complexity index is 165. The van der Waals surface area contributed by atoms with Gasteiger partial charge in [-0.05, 0) is 12.8 Å². The van der Waals surface area contributed by atoms with Crippen LogP contribution in [0.5, 0.6) is 0 Å². The maximum Gasteiger partial charge on any atom is 0.123 e. The normalized spacial score (nSPS) is 14.2. The molecular weight excluding hydrogens is 162 g/mol. The maximum atomic E-state index is 10.2. The van der Waals surface area contributed by atoms with Crippen LogP contribution in [-0.4, -0.2) is 16.7 Å². The molecule has 2 heteroatoms. The second kappa shape index (κ2) is 5.20. The van der Waals surface area contributed by atoms with Crippen molar-refractivity contribution in [3.05, 3.63) is 25.3 Å². The van der Waals surface area contributed by atoms with E-state index in [1.807, 2.05) is 0 Å². The van der Waals surface area contributed by atoms with E-state index in [0.29, 0.717) is 18.8 Å². The van der Waals surface area contributed by atoms with E-state index >= 15 is 0 Å². The summed E-state index contributed by atoms with van der Waals surface area (Å²) in [6, 6.07) is 0.0171. The number of hydrogen-bond acceptors (Lipinski definition) is 1. The predicted molar refractivity (Wildman–Crippen MR) is 56.1 cm³/mol. The third-order valence-electron chi connectivity index (χ3n) is 2.49. The van der Waals surface area contributed by atoms with Gasteiger partial charge in [0, 0.05) is 5.92 Å². The van der Waals surface area contributed by atoms with Crippen molar-refractivity contribution in [2.45, 2.75) is 38.3 Å². The molecule has 2 nitrogen and oxygen atoms in total. The maximum absolute atomic E-state index is 10.2. The Morgan fingerprint density at radius 3 is 1.92 bits per heavy atom. The zero-order valence-electron chi connectivity index (χ0n) is 8.79. The van der Waals surface area contributed by atoms with Gasteiger partial charge in [-0.3, -0.25) is 0 Å². The van der Waals surface area contributed by atoms with E-state index in [1.165, 1.54) is 0 Å². The summed E-state index contributed by atoms with van der Waals surface area (Å²) in [6.07, 6.45) is 4.63. The lowest BCUT2D eigenvalue weighted by Gasteiger charge is -2.31. The third-order valence-corrected chi connectivity index (χ3v) is 2.49. The molecule has 0 saturated carbocycles. The van der Waals surface area contributed by atoms with Gasteiger partial charge in [-0.1, -0.05) is 26.0 Å². The standard InChI is InChI=1S/C11H21NO/c1-5-7-11(13,8-6-2)10(12)9(3)4/h5-6,9-10,13H,1-2,7-8,12H2,3-4H3/p+1/t10-/m0/s1. The van der Waals surface area contributed by atoms with Crippen molar-refractivity contribution in [1.82, 2.24) is 0 Å². The summed E-state index contributed by atoms with van der Waals surface area (Å²) in [7, 11) is 0. The molecule has 0 aromatic heterocycles. The number of quaternary nitrogens is 1. The fourth-order valence-corrected chi connectivity index (χ4v) is 1.51. The average Bonchev–Trinajstić information content (AvgIpc) is 2.03. The Hall–Kier alpha value is -0.600. The zero-order valence-corrected chi connectivity index (χ0v) is 8.79. The monoisotopic (exact) mass is 184 g/mol. The molecule has 0 radical (unpaired) electrons. The third kappa shape index (κ3) is 3.33. The first-order valence-corrected chi connectivity index (χ1v) is 4.75. The fraction of sp³-hybridized carbons (Fsp3) is 0.636. The summed E-state index contributed by atoms with van der Waals surface area (Å²) >= 11 is 0. The van der Waals surface area contributed by atoms with Crippen LogP contribution < -0.4 is 5.73 Å². The highest BCUT2D eigenvalue weighted by Crippen LogP contribution is 2.23.